The molecule has 1 aliphatic carbocycles. The zero-order valence-corrected chi connectivity index (χ0v) is 9.62. The van der Waals surface area contributed by atoms with E-state index in [1.165, 1.54) is 0 Å². The number of hydrogen-bond donors (Lipinski definition) is 1. The lowest BCUT2D eigenvalue weighted by Crippen LogP contribution is -2.30. The topological polar surface area (TPSA) is 71.2 Å². The van der Waals surface area contributed by atoms with Crippen LogP contribution in [0.4, 0.5) is 0 Å². The smallest absolute Gasteiger partial charge is 0.225 e. The fraction of sp³-hybridized carbons (Fsp3) is 0.727. The third-order valence-corrected chi connectivity index (χ3v) is 3.50. The van der Waals surface area contributed by atoms with E-state index in [0.29, 0.717) is 11.6 Å². The van der Waals surface area contributed by atoms with Gasteiger partial charge in [-0.1, -0.05) is 5.21 Å². The van der Waals surface area contributed by atoms with E-state index in [9.17, 15) is 4.79 Å². The van der Waals surface area contributed by atoms with Crippen LogP contribution in [-0.4, -0.2) is 44.0 Å². The van der Waals surface area contributed by atoms with Gasteiger partial charge in [-0.3, -0.25) is 4.79 Å². The second-order valence-corrected chi connectivity index (χ2v) is 4.85. The van der Waals surface area contributed by atoms with Crippen LogP contribution in [0, 0.1) is 5.92 Å². The molecule has 1 saturated carbocycles. The van der Waals surface area contributed by atoms with Crippen molar-refractivity contribution in [2.24, 2.45) is 5.92 Å². The van der Waals surface area contributed by atoms with Gasteiger partial charge in [0.15, 0.2) is 0 Å². The van der Waals surface area contributed by atoms with Crippen molar-refractivity contribution in [2.75, 3.05) is 13.1 Å². The molecular weight excluding hydrogens is 220 g/mol. The van der Waals surface area contributed by atoms with Crippen molar-refractivity contribution >= 4 is 5.91 Å². The van der Waals surface area contributed by atoms with Gasteiger partial charge in [0.2, 0.25) is 5.91 Å². The second-order valence-electron chi connectivity index (χ2n) is 4.85. The third-order valence-electron chi connectivity index (χ3n) is 3.50. The third kappa shape index (κ3) is 2.04. The minimum Gasteiger partial charge on any atom is -0.390 e. The van der Waals surface area contributed by atoms with Crippen LogP contribution in [0.3, 0.4) is 0 Å². The first kappa shape index (κ1) is 10.7. The quantitative estimate of drug-likeness (QED) is 0.799. The van der Waals surface area contributed by atoms with E-state index >= 15 is 0 Å². The largest absolute Gasteiger partial charge is 0.390 e. The summed E-state index contributed by atoms with van der Waals surface area (Å²) < 4.78 is 1.77. The summed E-state index contributed by atoms with van der Waals surface area (Å²) in [7, 11) is 0. The number of carbonyl (C=O) groups is 1. The number of likely N-dealkylation sites (tertiary alicyclic amines) is 1. The highest BCUT2D eigenvalue weighted by molar-refractivity contribution is 5.81. The maximum atomic E-state index is 11.9. The lowest BCUT2D eigenvalue weighted by Gasteiger charge is -2.15. The molecule has 0 spiro atoms. The van der Waals surface area contributed by atoms with Gasteiger partial charge < -0.3 is 10.0 Å². The number of aliphatic hydroxyl groups is 1. The van der Waals surface area contributed by atoms with Crippen LogP contribution in [0.1, 0.15) is 31.0 Å². The highest BCUT2D eigenvalue weighted by Crippen LogP contribution is 2.33. The zero-order chi connectivity index (χ0) is 11.8. The molecule has 0 radical (unpaired) electrons. The van der Waals surface area contributed by atoms with Crippen molar-refractivity contribution in [2.45, 2.75) is 31.9 Å². The van der Waals surface area contributed by atoms with Gasteiger partial charge >= 0.3 is 0 Å². The highest BCUT2D eigenvalue weighted by Gasteiger charge is 2.37. The Balaban J connectivity index is 1.64. The van der Waals surface area contributed by atoms with Crippen LogP contribution in [0.2, 0.25) is 0 Å². The van der Waals surface area contributed by atoms with Gasteiger partial charge in [-0.05, 0) is 19.3 Å². The van der Waals surface area contributed by atoms with E-state index in [1.54, 1.807) is 10.9 Å². The van der Waals surface area contributed by atoms with Crippen molar-refractivity contribution in [1.82, 2.24) is 19.9 Å². The van der Waals surface area contributed by atoms with E-state index < -0.39 is 0 Å². The fourth-order valence-corrected chi connectivity index (χ4v) is 2.31. The molecule has 1 aromatic heterocycles. The Bertz CT molecular complexity index is 427. The van der Waals surface area contributed by atoms with Gasteiger partial charge in [-0.15, -0.1) is 5.10 Å². The average Bonchev–Trinajstić information content (AvgIpc) is 2.91. The summed E-state index contributed by atoms with van der Waals surface area (Å²) in [6.07, 6.45) is 4.79. The summed E-state index contributed by atoms with van der Waals surface area (Å²) in [6, 6.07) is 0.213. The predicted molar refractivity (Wildman–Crippen MR) is 58.9 cm³/mol. The molecule has 0 aromatic carbocycles. The van der Waals surface area contributed by atoms with Crippen molar-refractivity contribution in [3.05, 3.63) is 11.9 Å². The van der Waals surface area contributed by atoms with Gasteiger partial charge in [0.05, 0.1) is 18.8 Å². The summed E-state index contributed by atoms with van der Waals surface area (Å²) in [6.45, 7) is 1.45. The van der Waals surface area contributed by atoms with Crippen molar-refractivity contribution in [1.29, 1.82) is 0 Å². The number of nitrogens with zero attached hydrogens (tertiary/aromatic N) is 4. The maximum absolute atomic E-state index is 11.9. The van der Waals surface area contributed by atoms with Gasteiger partial charge in [0, 0.05) is 19.0 Å². The first-order valence-electron chi connectivity index (χ1n) is 6.08. The Morgan fingerprint density at radius 2 is 2.29 bits per heavy atom. The Labute approximate surface area is 99.2 Å². The Morgan fingerprint density at radius 1 is 1.47 bits per heavy atom. The molecule has 0 bridgehead atoms. The lowest BCUT2D eigenvalue weighted by molar-refractivity contribution is -0.131. The molecule has 0 unspecified atom stereocenters. The van der Waals surface area contributed by atoms with Crippen LogP contribution in [0.15, 0.2) is 6.20 Å². The molecular formula is C11H16N4O2. The van der Waals surface area contributed by atoms with Gasteiger partial charge in [-0.25, -0.2) is 4.68 Å². The maximum Gasteiger partial charge on any atom is 0.225 e. The summed E-state index contributed by atoms with van der Waals surface area (Å²) in [5, 5.41) is 16.8. The Hall–Kier alpha value is -1.43. The van der Waals surface area contributed by atoms with Crippen molar-refractivity contribution in [3.8, 4) is 0 Å². The van der Waals surface area contributed by atoms with Crippen molar-refractivity contribution < 1.29 is 9.90 Å². The van der Waals surface area contributed by atoms with E-state index in [2.05, 4.69) is 10.3 Å². The number of rotatable bonds is 3. The molecule has 92 valence electrons. The van der Waals surface area contributed by atoms with E-state index in [1.807, 2.05) is 4.90 Å². The molecule has 1 amide bonds. The molecule has 1 N–H and O–H groups in total. The van der Waals surface area contributed by atoms with Gasteiger partial charge in [0.1, 0.15) is 5.69 Å². The molecule has 1 saturated heterocycles. The first-order chi connectivity index (χ1) is 8.28. The minimum atomic E-state index is -0.0859. The number of carbonyl (C=O) groups excluding carboxylic acids is 1. The van der Waals surface area contributed by atoms with E-state index in [0.717, 1.165) is 32.4 Å². The summed E-state index contributed by atoms with van der Waals surface area (Å²) in [4.78, 5) is 13.8. The molecule has 6 heteroatoms. The van der Waals surface area contributed by atoms with Crippen LogP contribution < -0.4 is 0 Å². The fourth-order valence-electron chi connectivity index (χ4n) is 2.31. The van der Waals surface area contributed by atoms with Crippen LogP contribution in [0.25, 0.3) is 0 Å². The highest BCUT2D eigenvalue weighted by atomic mass is 16.3. The standard InChI is InChI=1S/C11H16N4O2/c16-7-9-5-15(13-12-9)10-3-4-14(6-10)11(17)8-1-2-8/h5,8,10,16H,1-4,6-7H2/t10-/m1/s1. The second kappa shape index (κ2) is 4.10. The molecule has 3 rings (SSSR count). The van der Waals surface area contributed by atoms with Gasteiger partial charge in [0.25, 0.3) is 0 Å². The molecule has 1 aromatic rings. The summed E-state index contributed by atoms with van der Waals surface area (Å²) in [5.41, 5.74) is 0.581. The average molecular weight is 236 g/mol. The SMILES string of the molecule is O=C(C1CC1)N1CC[C@@H](n2cc(CO)nn2)C1. The molecule has 17 heavy (non-hydrogen) atoms. The molecule has 2 heterocycles. The van der Waals surface area contributed by atoms with Crippen molar-refractivity contribution in [3.63, 3.8) is 0 Å². The minimum absolute atomic E-state index is 0.0859. The number of aromatic nitrogens is 3. The predicted octanol–water partition coefficient (Wildman–Crippen LogP) is -0.0462. The zero-order valence-electron chi connectivity index (χ0n) is 9.62. The normalized spacial score (nSPS) is 24.3. The van der Waals surface area contributed by atoms with E-state index in [-0.39, 0.29) is 18.6 Å². The summed E-state index contributed by atoms with van der Waals surface area (Å²) in [5.74, 6) is 0.590. The molecule has 1 atom stereocenters. The number of amides is 1. The van der Waals surface area contributed by atoms with Crippen LogP contribution in [-0.2, 0) is 11.4 Å². The van der Waals surface area contributed by atoms with Gasteiger partial charge in [-0.2, -0.15) is 0 Å². The molecule has 6 nitrogen and oxygen atoms in total. The lowest BCUT2D eigenvalue weighted by atomic mass is 10.3. The molecule has 2 fully saturated rings. The summed E-state index contributed by atoms with van der Waals surface area (Å²) >= 11 is 0. The first-order valence-corrected chi connectivity index (χ1v) is 6.08. The number of hydrogen-bond acceptors (Lipinski definition) is 4. The van der Waals surface area contributed by atoms with Crippen LogP contribution in [0.5, 0.6) is 0 Å². The molecule has 2 aliphatic rings. The molecule has 1 aliphatic heterocycles. The Kier molecular flexibility index (Phi) is 2.58. The van der Waals surface area contributed by atoms with E-state index in [4.69, 9.17) is 5.11 Å². The monoisotopic (exact) mass is 236 g/mol. The Morgan fingerprint density at radius 3 is 2.94 bits per heavy atom. The van der Waals surface area contributed by atoms with Crippen LogP contribution >= 0.6 is 0 Å². The number of aliphatic hydroxyl groups excluding tert-OH is 1.